The van der Waals surface area contributed by atoms with Crippen LogP contribution in [-0.2, 0) is 14.8 Å². The number of rotatable bonds is 3. The standard InChI is InChI=1S/C15H13ClN2O3S/c16-12-7-6-11(8-14(12)22(17,19)20)15-18-13(9-21-15)10-4-2-1-3-5-10/h1-8,13H,9H2,(H2,17,19,20). The first-order valence-electron chi connectivity index (χ1n) is 6.53. The Morgan fingerprint density at radius 3 is 2.59 bits per heavy atom. The molecular formula is C15H13ClN2O3S. The lowest BCUT2D eigenvalue weighted by molar-refractivity contribution is 0.320. The van der Waals surface area contributed by atoms with Crippen LogP contribution in [0.1, 0.15) is 17.2 Å². The Balaban J connectivity index is 1.96. The SMILES string of the molecule is NS(=O)(=O)c1cc(C2=NC(c3ccccc3)CO2)ccc1Cl. The van der Waals surface area contributed by atoms with Crippen LogP contribution >= 0.6 is 11.6 Å². The van der Waals surface area contributed by atoms with E-state index < -0.39 is 10.0 Å². The van der Waals surface area contributed by atoms with Gasteiger partial charge in [0.25, 0.3) is 0 Å². The van der Waals surface area contributed by atoms with Crippen LogP contribution in [0, 0.1) is 0 Å². The van der Waals surface area contributed by atoms with Gasteiger partial charge in [-0.15, -0.1) is 0 Å². The third-order valence-corrected chi connectivity index (χ3v) is 4.71. The summed E-state index contributed by atoms with van der Waals surface area (Å²) < 4.78 is 28.6. The van der Waals surface area contributed by atoms with Gasteiger partial charge in [-0.05, 0) is 23.8 Å². The molecule has 3 rings (SSSR count). The Morgan fingerprint density at radius 1 is 1.18 bits per heavy atom. The van der Waals surface area contributed by atoms with Crippen molar-refractivity contribution in [3.05, 3.63) is 64.7 Å². The fraction of sp³-hybridized carbons (Fsp3) is 0.133. The normalized spacial score (nSPS) is 17.9. The Kier molecular flexibility index (Phi) is 3.90. The summed E-state index contributed by atoms with van der Waals surface area (Å²) in [6.45, 7) is 0.409. The minimum absolute atomic E-state index is 0.0736. The lowest BCUT2D eigenvalue weighted by Gasteiger charge is -2.05. The number of sulfonamides is 1. The summed E-state index contributed by atoms with van der Waals surface area (Å²) in [7, 11) is -3.89. The highest BCUT2D eigenvalue weighted by molar-refractivity contribution is 7.89. The van der Waals surface area contributed by atoms with Crippen LogP contribution < -0.4 is 5.14 Å². The van der Waals surface area contributed by atoms with Crippen molar-refractivity contribution in [1.82, 2.24) is 0 Å². The number of halogens is 1. The minimum Gasteiger partial charge on any atom is -0.475 e. The summed E-state index contributed by atoms with van der Waals surface area (Å²) in [6, 6.07) is 14.1. The second-order valence-electron chi connectivity index (χ2n) is 4.86. The molecule has 22 heavy (non-hydrogen) atoms. The molecule has 0 fully saturated rings. The van der Waals surface area contributed by atoms with Crippen LogP contribution in [0.2, 0.25) is 5.02 Å². The summed E-state index contributed by atoms with van der Waals surface area (Å²) in [6.07, 6.45) is 0. The maximum absolute atomic E-state index is 11.5. The number of hydrogen-bond acceptors (Lipinski definition) is 4. The molecule has 2 N–H and O–H groups in total. The van der Waals surface area contributed by atoms with Crippen molar-refractivity contribution < 1.29 is 13.2 Å². The Bertz CT molecular complexity index is 835. The molecule has 1 aliphatic rings. The molecule has 1 heterocycles. The van der Waals surface area contributed by atoms with Gasteiger partial charge in [0.15, 0.2) is 0 Å². The van der Waals surface area contributed by atoms with E-state index in [1.165, 1.54) is 12.1 Å². The van der Waals surface area contributed by atoms with Crippen molar-refractivity contribution in [1.29, 1.82) is 0 Å². The predicted molar refractivity (Wildman–Crippen MR) is 84.5 cm³/mol. The average molecular weight is 337 g/mol. The molecule has 0 spiro atoms. The average Bonchev–Trinajstić information content (AvgIpc) is 2.97. The van der Waals surface area contributed by atoms with E-state index in [0.29, 0.717) is 18.1 Å². The predicted octanol–water partition coefficient (Wildman–Crippen LogP) is 2.51. The zero-order chi connectivity index (χ0) is 15.7. The van der Waals surface area contributed by atoms with Crippen molar-refractivity contribution >= 4 is 27.5 Å². The number of nitrogens with two attached hydrogens (primary N) is 1. The molecule has 1 atom stereocenters. The first kappa shape index (κ1) is 15.0. The largest absolute Gasteiger partial charge is 0.475 e. The van der Waals surface area contributed by atoms with E-state index in [9.17, 15) is 8.42 Å². The van der Waals surface area contributed by atoms with Crippen molar-refractivity contribution in [2.75, 3.05) is 6.61 Å². The van der Waals surface area contributed by atoms with E-state index >= 15 is 0 Å². The van der Waals surface area contributed by atoms with Crippen LogP contribution in [0.3, 0.4) is 0 Å². The van der Waals surface area contributed by atoms with E-state index in [1.807, 2.05) is 30.3 Å². The van der Waals surface area contributed by atoms with Crippen LogP contribution in [-0.4, -0.2) is 20.9 Å². The Hall–Kier alpha value is -1.89. The lowest BCUT2D eigenvalue weighted by Crippen LogP contribution is -2.14. The van der Waals surface area contributed by atoms with Crippen LogP contribution in [0.15, 0.2) is 58.4 Å². The van der Waals surface area contributed by atoms with Gasteiger partial charge in [0, 0.05) is 5.56 Å². The van der Waals surface area contributed by atoms with Gasteiger partial charge < -0.3 is 4.74 Å². The Morgan fingerprint density at radius 2 is 1.91 bits per heavy atom. The summed E-state index contributed by atoms with van der Waals surface area (Å²) >= 11 is 5.87. The van der Waals surface area contributed by atoms with E-state index in [1.54, 1.807) is 6.07 Å². The van der Waals surface area contributed by atoms with Gasteiger partial charge in [0.2, 0.25) is 15.9 Å². The van der Waals surface area contributed by atoms with E-state index in [-0.39, 0.29) is 16.0 Å². The quantitative estimate of drug-likeness (QED) is 0.934. The molecule has 2 aromatic rings. The number of primary sulfonamides is 1. The zero-order valence-corrected chi connectivity index (χ0v) is 13.0. The van der Waals surface area contributed by atoms with Crippen LogP contribution in [0.4, 0.5) is 0 Å². The summed E-state index contributed by atoms with van der Waals surface area (Å²) in [4.78, 5) is 4.36. The molecule has 114 valence electrons. The molecule has 7 heteroatoms. The topological polar surface area (TPSA) is 81.8 Å². The molecule has 0 bridgehead atoms. The fourth-order valence-electron chi connectivity index (χ4n) is 2.23. The van der Waals surface area contributed by atoms with Crippen molar-refractivity contribution in [3.8, 4) is 0 Å². The number of hydrogen-bond donors (Lipinski definition) is 1. The number of benzene rings is 2. The van der Waals surface area contributed by atoms with Gasteiger partial charge in [-0.2, -0.15) is 0 Å². The molecule has 2 aromatic carbocycles. The minimum atomic E-state index is -3.89. The maximum Gasteiger partial charge on any atom is 0.239 e. The van der Waals surface area contributed by atoms with E-state index in [0.717, 1.165) is 5.56 Å². The lowest BCUT2D eigenvalue weighted by atomic mass is 10.1. The highest BCUT2D eigenvalue weighted by Crippen LogP contribution is 2.27. The summed E-state index contributed by atoms with van der Waals surface area (Å²) in [5.41, 5.74) is 1.57. The molecule has 0 saturated heterocycles. The van der Waals surface area contributed by atoms with Crippen LogP contribution in [0.25, 0.3) is 0 Å². The first-order valence-corrected chi connectivity index (χ1v) is 8.46. The third-order valence-electron chi connectivity index (χ3n) is 3.32. The first-order chi connectivity index (χ1) is 10.4. The maximum atomic E-state index is 11.5. The highest BCUT2D eigenvalue weighted by Gasteiger charge is 2.23. The van der Waals surface area contributed by atoms with Gasteiger partial charge in [-0.3, -0.25) is 0 Å². The van der Waals surface area contributed by atoms with Gasteiger partial charge in [0.05, 0.1) is 5.02 Å². The van der Waals surface area contributed by atoms with Crippen LogP contribution in [0.5, 0.6) is 0 Å². The second-order valence-corrected chi connectivity index (χ2v) is 6.80. The summed E-state index contributed by atoms with van der Waals surface area (Å²) in [5, 5.41) is 5.22. The second kappa shape index (κ2) is 5.72. The van der Waals surface area contributed by atoms with Gasteiger partial charge >= 0.3 is 0 Å². The molecule has 0 radical (unpaired) electrons. The molecule has 0 saturated carbocycles. The molecule has 0 aromatic heterocycles. The third kappa shape index (κ3) is 2.99. The monoisotopic (exact) mass is 336 g/mol. The van der Waals surface area contributed by atoms with E-state index in [2.05, 4.69) is 4.99 Å². The van der Waals surface area contributed by atoms with Gasteiger partial charge in [-0.25, -0.2) is 18.5 Å². The van der Waals surface area contributed by atoms with Crippen molar-refractivity contribution in [2.45, 2.75) is 10.9 Å². The number of aliphatic imine (C=N–C) groups is 1. The van der Waals surface area contributed by atoms with Crippen molar-refractivity contribution in [3.63, 3.8) is 0 Å². The Labute approximate surface area is 133 Å². The molecule has 1 unspecified atom stereocenters. The number of ether oxygens (including phenoxy) is 1. The smallest absolute Gasteiger partial charge is 0.239 e. The fourth-order valence-corrected chi connectivity index (χ4v) is 3.30. The molecule has 5 nitrogen and oxygen atoms in total. The molecular weight excluding hydrogens is 324 g/mol. The van der Waals surface area contributed by atoms with E-state index in [4.69, 9.17) is 21.5 Å². The summed E-state index contributed by atoms with van der Waals surface area (Å²) in [5.74, 6) is 0.385. The molecule has 1 aliphatic heterocycles. The zero-order valence-electron chi connectivity index (χ0n) is 11.4. The van der Waals surface area contributed by atoms with Gasteiger partial charge in [-0.1, -0.05) is 41.9 Å². The molecule has 0 amide bonds. The van der Waals surface area contributed by atoms with Crippen molar-refractivity contribution in [2.24, 2.45) is 10.1 Å². The molecule has 0 aliphatic carbocycles. The number of nitrogens with zero attached hydrogens (tertiary/aromatic N) is 1. The highest BCUT2D eigenvalue weighted by atomic mass is 35.5. The van der Waals surface area contributed by atoms with Gasteiger partial charge in [0.1, 0.15) is 17.5 Å².